The zero-order valence-corrected chi connectivity index (χ0v) is 13.9. The van der Waals surface area contributed by atoms with Crippen molar-refractivity contribution in [3.8, 4) is 0 Å². The van der Waals surface area contributed by atoms with Crippen molar-refractivity contribution < 1.29 is 14.4 Å². The fourth-order valence-electron chi connectivity index (χ4n) is 3.51. The summed E-state index contributed by atoms with van der Waals surface area (Å²) in [5, 5.41) is 2.58. The molecule has 2 aromatic heterocycles. The molecule has 0 aliphatic carbocycles. The van der Waals surface area contributed by atoms with Crippen LogP contribution >= 0.6 is 0 Å². The summed E-state index contributed by atoms with van der Waals surface area (Å²) in [6, 6.07) is 3.32. The van der Waals surface area contributed by atoms with Gasteiger partial charge in [-0.15, -0.1) is 0 Å². The van der Waals surface area contributed by atoms with Gasteiger partial charge < -0.3 is 19.5 Å². The number of nitrogens with zero attached hydrogens (tertiary/aromatic N) is 4. The molecule has 1 atom stereocenters. The number of rotatable bonds is 2. The minimum atomic E-state index is -0.580. The summed E-state index contributed by atoms with van der Waals surface area (Å²) in [5.41, 5.74) is 2.70. The molecule has 2 saturated heterocycles. The number of imidazole rings is 1. The van der Waals surface area contributed by atoms with Crippen LogP contribution in [0.1, 0.15) is 11.3 Å². The molecule has 0 aromatic carbocycles. The largest absolute Gasteiger partial charge is 0.345 e. The molecule has 0 bridgehead atoms. The molecule has 2 aliphatic heterocycles. The Morgan fingerprint density at radius 3 is 3.04 bits per heavy atom. The number of fused-ring (bicyclic) bond motifs is 2. The maximum absolute atomic E-state index is 12.7. The van der Waals surface area contributed by atoms with E-state index in [0.717, 1.165) is 16.9 Å². The predicted octanol–water partition coefficient (Wildman–Crippen LogP) is -0.646. The van der Waals surface area contributed by atoms with Gasteiger partial charge in [0.05, 0.1) is 25.2 Å². The Bertz CT molecular complexity index is 874. The number of hydrogen-bond acceptors (Lipinski definition) is 4. The molecule has 25 heavy (non-hydrogen) atoms. The van der Waals surface area contributed by atoms with Gasteiger partial charge in [0.15, 0.2) is 0 Å². The highest BCUT2D eigenvalue weighted by Crippen LogP contribution is 2.16. The van der Waals surface area contributed by atoms with Crippen LogP contribution in [0.15, 0.2) is 24.5 Å². The van der Waals surface area contributed by atoms with E-state index < -0.39 is 6.04 Å². The third-order valence-corrected chi connectivity index (χ3v) is 4.91. The predicted molar refractivity (Wildman–Crippen MR) is 88.7 cm³/mol. The van der Waals surface area contributed by atoms with E-state index in [0.29, 0.717) is 13.1 Å². The van der Waals surface area contributed by atoms with Gasteiger partial charge in [0.2, 0.25) is 17.7 Å². The highest BCUT2D eigenvalue weighted by atomic mass is 16.2. The van der Waals surface area contributed by atoms with Crippen LogP contribution in [-0.4, -0.2) is 69.1 Å². The number of piperazine rings is 2. The molecular formula is C17H19N5O3. The molecule has 2 aromatic rings. The lowest BCUT2D eigenvalue weighted by molar-refractivity contribution is -0.152. The minimum absolute atomic E-state index is 0.0461. The van der Waals surface area contributed by atoms with Crippen LogP contribution in [0.25, 0.3) is 5.65 Å². The summed E-state index contributed by atoms with van der Waals surface area (Å²) >= 11 is 0. The second-order valence-electron chi connectivity index (χ2n) is 6.47. The number of hydrogen-bond donors (Lipinski definition) is 1. The first-order valence-electron chi connectivity index (χ1n) is 8.31. The number of pyridine rings is 1. The maximum Gasteiger partial charge on any atom is 0.245 e. The molecule has 4 heterocycles. The summed E-state index contributed by atoms with van der Waals surface area (Å²) in [6.07, 6.45) is 3.82. The quantitative estimate of drug-likeness (QED) is 0.787. The highest BCUT2D eigenvalue weighted by molar-refractivity contribution is 5.95. The molecule has 2 fully saturated rings. The van der Waals surface area contributed by atoms with E-state index >= 15 is 0 Å². The zero-order valence-electron chi connectivity index (χ0n) is 13.9. The Hall–Kier alpha value is -2.90. The molecule has 4 rings (SSSR count). The lowest BCUT2D eigenvalue weighted by Crippen LogP contribution is -2.66. The average molecular weight is 341 g/mol. The number of carbonyl (C=O) groups is 3. The first-order valence-corrected chi connectivity index (χ1v) is 8.31. The van der Waals surface area contributed by atoms with Crippen LogP contribution in [0.3, 0.4) is 0 Å². The second-order valence-corrected chi connectivity index (χ2v) is 6.47. The maximum atomic E-state index is 12.7. The molecule has 8 nitrogen and oxygen atoms in total. The van der Waals surface area contributed by atoms with Crippen molar-refractivity contribution in [1.29, 1.82) is 0 Å². The Morgan fingerprint density at radius 2 is 2.20 bits per heavy atom. The number of carbonyl (C=O) groups excluding carboxylic acids is 3. The van der Waals surface area contributed by atoms with Crippen molar-refractivity contribution in [1.82, 2.24) is 24.5 Å². The Morgan fingerprint density at radius 1 is 1.36 bits per heavy atom. The molecular weight excluding hydrogens is 322 g/mol. The summed E-state index contributed by atoms with van der Waals surface area (Å²) in [4.78, 5) is 44.2. The fraction of sp³-hybridized carbons (Fsp3) is 0.412. The summed E-state index contributed by atoms with van der Waals surface area (Å²) in [7, 11) is 0. The van der Waals surface area contributed by atoms with Crippen molar-refractivity contribution in [2.45, 2.75) is 19.4 Å². The third-order valence-electron chi connectivity index (χ3n) is 4.91. The van der Waals surface area contributed by atoms with Crippen molar-refractivity contribution in [3.05, 3.63) is 35.8 Å². The highest BCUT2D eigenvalue weighted by Gasteiger charge is 2.39. The lowest BCUT2D eigenvalue weighted by atomic mass is 10.1. The molecule has 0 spiro atoms. The molecule has 130 valence electrons. The Labute approximate surface area is 144 Å². The van der Waals surface area contributed by atoms with E-state index in [4.69, 9.17) is 0 Å². The van der Waals surface area contributed by atoms with Crippen LogP contribution in [0, 0.1) is 6.92 Å². The SMILES string of the molecule is Cc1cccn2c(CC(=O)N3CCN4C(=O)CNC(=O)C4C3)cnc12. The smallest absolute Gasteiger partial charge is 0.245 e. The third kappa shape index (κ3) is 2.63. The van der Waals surface area contributed by atoms with Gasteiger partial charge >= 0.3 is 0 Å². The van der Waals surface area contributed by atoms with Gasteiger partial charge in [-0.05, 0) is 18.6 Å². The monoisotopic (exact) mass is 341 g/mol. The summed E-state index contributed by atoms with van der Waals surface area (Å²) in [5.74, 6) is -0.342. The van der Waals surface area contributed by atoms with Crippen molar-refractivity contribution in [3.63, 3.8) is 0 Å². The zero-order chi connectivity index (χ0) is 17.6. The van der Waals surface area contributed by atoms with Gasteiger partial charge in [0, 0.05) is 25.5 Å². The molecule has 1 N–H and O–H groups in total. The normalized spacial score (nSPS) is 20.6. The number of aryl methyl sites for hydroxylation is 1. The van der Waals surface area contributed by atoms with E-state index in [2.05, 4.69) is 10.3 Å². The standard InChI is InChI=1S/C17H19N5O3/c1-11-3-2-4-21-12(8-18-16(11)21)7-14(23)20-5-6-22-13(10-20)17(25)19-9-15(22)24/h2-4,8,13H,5-7,9-10H2,1H3,(H,19,25). The van der Waals surface area contributed by atoms with E-state index in [-0.39, 0.29) is 37.2 Å². The van der Waals surface area contributed by atoms with E-state index in [1.807, 2.05) is 29.7 Å². The number of aromatic nitrogens is 2. The Balaban J connectivity index is 1.50. The summed E-state index contributed by atoms with van der Waals surface area (Å²) < 4.78 is 1.92. The van der Waals surface area contributed by atoms with Crippen LogP contribution in [-0.2, 0) is 20.8 Å². The van der Waals surface area contributed by atoms with Crippen LogP contribution in [0.4, 0.5) is 0 Å². The molecule has 0 saturated carbocycles. The van der Waals surface area contributed by atoms with Crippen molar-refractivity contribution in [2.24, 2.45) is 0 Å². The van der Waals surface area contributed by atoms with Gasteiger partial charge in [-0.1, -0.05) is 6.07 Å². The molecule has 2 aliphatic rings. The summed E-state index contributed by atoms with van der Waals surface area (Å²) in [6.45, 7) is 3.11. The van der Waals surface area contributed by atoms with Gasteiger partial charge in [-0.3, -0.25) is 14.4 Å². The van der Waals surface area contributed by atoms with Gasteiger partial charge in [-0.25, -0.2) is 4.98 Å². The van der Waals surface area contributed by atoms with E-state index in [1.165, 1.54) is 0 Å². The van der Waals surface area contributed by atoms with Crippen LogP contribution in [0.2, 0.25) is 0 Å². The molecule has 8 heteroatoms. The number of amides is 3. The minimum Gasteiger partial charge on any atom is -0.345 e. The number of nitrogens with one attached hydrogen (secondary N) is 1. The van der Waals surface area contributed by atoms with Crippen LogP contribution < -0.4 is 5.32 Å². The van der Waals surface area contributed by atoms with Crippen molar-refractivity contribution >= 4 is 23.4 Å². The molecule has 0 radical (unpaired) electrons. The van der Waals surface area contributed by atoms with Gasteiger partial charge in [0.25, 0.3) is 0 Å². The van der Waals surface area contributed by atoms with Crippen molar-refractivity contribution in [2.75, 3.05) is 26.2 Å². The first-order chi connectivity index (χ1) is 12.0. The molecule has 3 amide bonds. The topological polar surface area (TPSA) is 87.0 Å². The second kappa shape index (κ2) is 5.87. The van der Waals surface area contributed by atoms with E-state index in [9.17, 15) is 14.4 Å². The lowest BCUT2D eigenvalue weighted by Gasteiger charge is -2.42. The van der Waals surface area contributed by atoms with E-state index in [1.54, 1.807) is 16.0 Å². The van der Waals surface area contributed by atoms with Gasteiger partial charge in [-0.2, -0.15) is 0 Å². The first kappa shape index (κ1) is 15.6. The van der Waals surface area contributed by atoms with Gasteiger partial charge in [0.1, 0.15) is 11.7 Å². The Kier molecular flexibility index (Phi) is 3.67. The fourth-order valence-corrected chi connectivity index (χ4v) is 3.51. The molecule has 1 unspecified atom stereocenters. The average Bonchev–Trinajstić information content (AvgIpc) is 3.02. The van der Waals surface area contributed by atoms with Crippen LogP contribution in [0.5, 0.6) is 0 Å².